The molecule has 11 heteroatoms. The molecule has 0 spiro atoms. The van der Waals surface area contributed by atoms with Crippen LogP contribution < -0.4 is 11.2 Å². The monoisotopic (exact) mass is 481 g/mol. The molecule has 1 atom stereocenters. The number of rotatable bonds is 6. The Kier molecular flexibility index (Phi) is 6.66. The van der Waals surface area contributed by atoms with Gasteiger partial charge in [0.1, 0.15) is 5.82 Å². The van der Waals surface area contributed by atoms with Crippen LogP contribution in [0.2, 0.25) is 0 Å². The average molecular weight is 481 g/mol. The fourth-order valence-corrected chi connectivity index (χ4v) is 3.09. The highest BCUT2D eigenvalue weighted by Gasteiger charge is 2.35. The molecule has 0 aliphatic rings. The lowest BCUT2D eigenvalue weighted by Crippen LogP contribution is -2.45. The largest absolute Gasteiger partial charge is 0.429 e. The summed E-state index contributed by atoms with van der Waals surface area (Å²) in [6.45, 7) is 8.03. The van der Waals surface area contributed by atoms with Gasteiger partial charge in [-0.2, -0.15) is 13.2 Å². The first-order chi connectivity index (χ1) is 15.1. The lowest BCUT2D eigenvalue weighted by atomic mass is 9.84. The molecule has 2 heterocycles. The Morgan fingerprint density at radius 2 is 1.76 bits per heavy atom. The number of imidazole rings is 1. The van der Waals surface area contributed by atoms with Crippen LogP contribution in [0.5, 0.6) is 0 Å². The lowest BCUT2D eigenvalue weighted by molar-refractivity contribution is -0.140. The van der Waals surface area contributed by atoms with Gasteiger partial charge >= 0.3 is 19.3 Å². The molecule has 3 aromatic rings. The number of halogens is 4. The molecule has 0 fully saturated rings. The predicted molar refractivity (Wildman–Crippen MR) is 125 cm³/mol. The molecule has 3 rings (SSSR count). The summed E-state index contributed by atoms with van der Waals surface area (Å²) in [6, 6.07) is 5.93. The summed E-state index contributed by atoms with van der Waals surface area (Å²) in [5.41, 5.74) is -1.18. The van der Waals surface area contributed by atoms with Gasteiger partial charge < -0.3 is 9.22 Å². The second kappa shape index (κ2) is 8.72. The third-order valence-corrected chi connectivity index (χ3v) is 6.50. The lowest BCUT2D eigenvalue weighted by Gasteiger charge is -2.39. The topological polar surface area (TPSA) is 49.0 Å². The zero-order valence-electron chi connectivity index (χ0n) is 19.0. The Hall–Kier alpha value is -2.45. The second-order valence-corrected chi connectivity index (χ2v) is 10.4. The molecular formula is C22H25BF4N3O2P. The van der Waals surface area contributed by atoms with Crippen molar-refractivity contribution in [1.29, 1.82) is 0 Å². The van der Waals surface area contributed by atoms with E-state index < -0.39 is 28.8 Å². The van der Waals surface area contributed by atoms with Gasteiger partial charge in [0, 0.05) is 24.6 Å². The molecule has 1 unspecified atom stereocenters. The van der Waals surface area contributed by atoms with Crippen molar-refractivity contribution in [3.05, 3.63) is 64.6 Å². The first-order valence-corrected chi connectivity index (χ1v) is 10.7. The highest BCUT2D eigenvalue weighted by atomic mass is 31.0. The van der Waals surface area contributed by atoms with Crippen LogP contribution in [0.3, 0.4) is 0 Å². The Morgan fingerprint density at radius 1 is 1.09 bits per heavy atom. The highest BCUT2D eigenvalue weighted by molar-refractivity contribution is 7.19. The van der Waals surface area contributed by atoms with E-state index in [1.807, 2.05) is 27.7 Å². The first kappa shape index (κ1) is 25.2. The maximum absolute atomic E-state index is 13.8. The number of hydrogen-bond donors (Lipinski definition) is 0. The molecule has 0 saturated carbocycles. The maximum atomic E-state index is 13.8. The molecule has 1 aromatic carbocycles. The summed E-state index contributed by atoms with van der Waals surface area (Å²) in [7, 11) is 4.51. The molecular weight excluding hydrogens is 456 g/mol. The average Bonchev–Trinajstić information content (AvgIpc) is 3.00. The quantitative estimate of drug-likeness (QED) is 0.306. The minimum Gasteiger partial charge on any atom is -0.429 e. The standard InChI is InChI=1S/C22H25BF4N3O2P/c1-20(2,21(3,4)33)32-23-13-8-9-28-17(10-13)18-12-29(5)19(31)30(18)14-6-7-16(24)15(11-14)22(25,26)27/h6-12,23H,33H2,1-5H3. The maximum Gasteiger partial charge on any atom is 0.419 e. The van der Waals surface area contributed by atoms with E-state index in [1.165, 1.54) is 17.8 Å². The zero-order chi connectivity index (χ0) is 24.8. The van der Waals surface area contributed by atoms with Crippen LogP contribution in [0.25, 0.3) is 17.1 Å². The third kappa shape index (κ3) is 5.22. The van der Waals surface area contributed by atoms with Gasteiger partial charge in [0.25, 0.3) is 0 Å². The summed E-state index contributed by atoms with van der Waals surface area (Å²) in [4.78, 5) is 17.1. The van der Waals surface area contributed by atoms with Gasteiger partial charge in [0.2, 0.25) is 0 Å². The second-order valence-electron chi connectivity index (χ2n) is 8.98. The van der Waals surface area contributed by atoms with Crippen LogP contribution in [0.1, 0.15) is 33.3 Å². The first-order valence-electron chi connectivity index (χ1n) is 10.2. The Labute approximate surface area is 192 Å². The van der Waals surface area contributed by atoms with E-state index >= 15 is 0 Å². The Morgan fingerprint density at radius 3 is 2.36 bits per heavy atom. The zero-order valence-corrected chi connectivity index (χ0v) is 20.2. The molecule has 0 aliphatic carbocycles. The number of hydrogen-bond acceptors (Lipinski definition) is 3. The van der Waals surface area contributed by atoms with Crippen LogP contribution in [0.4, 0.5) is 17.6 Å². The van der Waals surface area contributed by atoms with E-state index in [-0.39, 0.29) is 24.0 Å². The number of nitrogens with zero attached hydrogens (tertiary/aromatic N) is 3. The molecule has 0 radical (unpaired) electrons. The Balaban J connectivity index is 2.05. The number of benzene rings is 1. The normalized spacial score (nSPS) is 12.8. The Bertz CT molecular complexity index is 1230. The van der Waals surface area contributed by atoms with Crippen molar-refractivity contribution in [1.82, 2.24) is 14.1 Å². The van der Waals surface area contributed by atoms with Gasteiger partial charge in [0.15, 0.2) is 0 Å². The molecule has 0 aliphatic heterocycles. The van der Waals surface area contributed by atoms with Crippen LogP contribution in [0.15, 0.2) is 47.5 Å². The van der Waals surface area contributed by atoms with Crippen molar-refractivity contribution in [2.24, 2.45) is 7.05 Å². The van der Waals surface area contributed by atoms with Crippen molar-refractivity contribution in [3.63, 3.8) is 0 Å². The van der Waals surface area contributed by atoms with E-state index in [9.17, 15) is 22.4 Å². The highest BCUT2D eigenvalue weighted by Crippen LogP contribution is 2.34. The van der Waals surface area contributed by atoms with E-state index in [0.29, 0.717) is 17.8 Å². The minimum atomic E-state index is -4.90. The summed E-state index contributed by atoms with van der Waals surface area (Å²) in [5.74, 6) is -1.41. The fourth-order valence-electron chi connectivity index (χ4n) is 3.01. The third-order valence-electron chi connectivity index (χ3n) is 5.80. The smallest absolute Gasteiger partial charge is 0.419 e. The predicted octanol–water partition coefficient (Wildman–Crippen LogP) is 3.82. The van der Waals surface area contributed by atoms with E-state index in [0.717, 1.165) is 16.1 Å². The van der Waals surface area contributed by atoms with Crippen LogP contribution in [-0.4, -0.2) is 32.4 Å². The van der Waals surface area contributed by atoms with Crippen molar-refractivity contribution >= 4 is 22.2 Å². The van der Waals surface area contributed by atoms with Gasteiger partial charge in [-0.3, -0.25) is 9.55 Å². The van der Waals surface area contributed by atoms with Gasteiger partial charge in [0.05, 0.1) is 28.2 Å². The number of aromatic nitrogens is 3. The molecule has 2 aromatic heterocycles. The van der Waals surface area contributed by atoms with Crippen molar-refractivity contribution in [2.45, 2.75) is 44.6 Å². The summed E-state index contributed by atoms with van der Waals surface area (Å²) < 4.78 is 61.9. The van der Waals surface area contributed by atoms with Crippen LogP contribution in [0, 0.1) is 5.82 Å². The molecule has 5 nitrogen and oxygen atoms in total. The molecule has 0 N–H and O–H groups in total. The van der Waals surface area contributed by atoms with E-state index in [1.54, 1.807) is 18.3 Å². The van der Waals surface area contributed by atoms with Gasteiger partial charge in [-0.05, 0) is 49.6 Å². The summed E-state index contributed by atoms with van der Waals surface area (Å²) >= 11 is 0. The van der Waals surface area contributed by atoms with Crippen LogP contribution in [-0.2, 0) is 17.9 Å². The van der Waals surface area contributed by atoms with Crippen molar-refractivity contribution in [3.8, 4) is 17.1 Å². The van der Waals surface area contributed by atoms with Gasteiger partial charge in [-0.25, -0.2) is 9.18 Å². The SMILES string of the molecule is Cn1cc(-c2cc(BOC(C)(C)C(C)(C)P)ccn2)n(-c2ccc(F)c(C(F)(F)F)c2)c1=O. The number of pyridine rings is 1. The molecule has 0 amide bonds. The fraction of sp³-hybridized carbons (Fsp3) is 0.364. The van der Waals surface area contributed by atoms with Crippen molar-refractivity contribution in [2.75, 3.05) is 0 Å². The molecule has 176 valence electrons. The molecule has 33 heavy (non-hydrogen) atoms. The number of aryl methyl sites for hydroxylation is 1. The molecule has 0 bridgehead atoms. The van der Waals surface area contributed by atoms with E-state index in [4.69, 9.17) is 4.65 Å². The number of alkyl halides is 3. The summed E-state index contributed by atoms with van der Waals surface area (Å²) in [6.07, 6.45) is -1.88. The van der Waals surface area contributed by atoms with Gasteiger partial charge in [-0.1, -0.05) is 13.8 Å². The van der Waals surface area contributed by atoms with Crippen LogP contribution >= 0.6 is 9.24 Å². The van der Waals surface area contributed by atoms with Gasteiger partial charge in [-0.15, -0.1) is 9.24 Å². The summed E-state index contributed by atoms with van der Waals surface area (Å²) in [5, 5.41) is -0.193. The minimum absolute atomic E-state index is 0.112. The van der Waals surface area contributed by atoms with E-state index in [2.05, 4.69) is 14.2 Å². The molecule has 0 saturated heterocycles. The van der Waals surface area contributed by atoms with Crippen molar-refractivity contribution < 1.29 is 22.2 Å².